The summed E-state index contributed by atoms with van der Waals surface area (Å²) in [4.78, 5) is 37.4. The molecule has 3 saturated heterocycles. The van der Waals surface area contributed by atoms with Gasteiger partial charge in [-0.2, -0.15) is 0 Å². The minimum Gasteiger partial charge on any atom is -0.466 e. The smallest absolute Gasteiger partial charge is 0.330 e. The number of ether oxygens (including phenoxy) is 7. The number of cyclic esters (lactones) is 1. The summed E-state index contributed by atoms with van der Waals surface area (Å²) in [7, 11) is 1.18. The van der Waals surface area contributed by atoms with E-state index in [4.69, 9.17) is 33.2 Å². The molecule has 14 heteroatoms. The van der Waals surface area contributed by atoms with E-state index in [9.17, 15) is 34.8 Å². The molecule has 3 fully saturated rings. The Morgan fingerprint density at radius 2 is 1.85 bits per heavy atom. The van der Waals surface area contributed by atoms with Gasteiger partial charge in [-0.05, 0) is 37.3 Å². The van der Waals surface area contributed by atoms with E-state index in [0.717, 1.165) is 13.0 Å². The molecule has 4 heterocycles. The van der Waals surface area contributed by atoms with Gasteiger partial charge in [-0.25, -0.2) is 4.79 Å². The minimum atomic E-state index is -2.28. The molecular weight excluding hydrogens is 608 g/mol. The van der Waals surface area contributed by atoms with Crippen molar-refractivity contribution in [3.05, 3.63) is 23.8 Å². The van der Waals surface area contributed by atoms with Crippen LogP contribution in [0.4, 0.5) is 0 Å². The third-order valence-electron chi connectivity index (χ3n) is 8.92. The molecule has 4 aliphatic heterocycles. The fourth-order valence-electron chi connectivity index (χ4n) is 6.54. The summed E-state index contributed by atoms with van der Waals surface area (Å²) in [6.45, 7) is 4.16. The van der Waals surface area contributed by atoms with Crippen molar-refractivity contribution in [2.24, 2.45) is 5.41 Å². The van der Waals surface area contributed by atoms with Crippen molar-refractivity contribution in [2.75, 3.05) is 20.3 Å². The predicted octanol–water partition coefficient (Wildman–Crippen LogP) is 1.31. The fourth-order valence-corrected chi connectivity index (χ4v) is 6.54. The maximum Gasteiger partial charge on any atom is 0.330 e. The molecule has 0 aromatic rings. The zero-order valence-electron chi connectivity index (χ0n) is 26.9. The number of rotatable bonds is 3. The molecule has 46 heavy (non-hydrogen) atoms. The number of aliphatic hydroxyl groups is 4. The number of fused-ring (bicyclic) bond motifs is 6. The summed E-state index contributed by atoms with van der Waals surface area (Å²) < 4.78 is 40.0. The SMILES string of the molecule is COC(=O)/C=C1\CC2CC(CO)OC(=O)C[C@H](O)C[C@@H]3CCC[C@](O)(C[C@@H]4CCO[C@H](/C=C/C(C)(C)[C@](O)(O2)[C@H]1OC(C)=O)O4)O3. The normalized spacial score (nSPS) is 40.7. The maximum atomic E-state index is 12.8. The first kappa shape index (κ1) is 36.4. The van der Waals surface area contributed by atoms with E-state index in [1.54, 1.807) is 26.0 Å². The van der Waals surface area contributed by atoms with Crippen LogP contribution in [0.5, 0.6) is 0 Å². The number of aliphatic hydroxyl groups excluding tert-OH is 2. The molecular formula is C32H48O14. The third-order valence-corrected chi connectivity index (χ3v) is 8.92. The lowest BCUT2D eigenvalue weighted by molar-refractivity contribution is -0.327. The predicted molar refractivity (Wildman–Crippen MR) is 157 cm³/mol. The molecule has 0 saturated carbocycles. The third kappa shape index (κ3) is 9.13. The Morgan fingerprint density at radius 1 is 1.09 bits per heavy atom. The van der Waals surface area contributed by atoms with Crippen molar-refractivity contribution in [1.29, 1.82) is 0 Å². The molecule has 4 aliphatic rings. The minimum absolute atomic E-state index is 0.0374. The van der Waals surface area contributed by atoms with Gasteiger partial charge >= 0.3 is 17.9 Å². The van der Waals surface area contributed by atoms with E-state index in [1.807, 2.05) is 0 Å². The van der Waals surface area contributed by atoms with Crippen LogP contribution in [0.25, 0.3) is 0 Å². The highest BCUT2D eigenvalue weighted by Crippen LogP contribution is 2.47. The summed E-state index contributed by atoms with van der Waals surface area (Å²) in [6, 6.07) is 0. The zero-order valence-corrected chi connectivity index (χ0v) is 26.9. The lowest BCUT2D eigenvalue weighted by atomic mass is 9.74. The monoisotopic (exact) mass is 656 g/mol. The average Bonchev–Trinajstić information content (AvgIpc) is 2.96. The van der Waals surface area contributed by atoms with Crippen molar-refractivity contribution in [1.82, 2.24) is 0 Å². The lowest BCUT2D eigenvalue weighted by Gasteiger charge is -2.50. The van der Waals surface area contributed by atoms with E-state index >= 15 is 0 Å². The Kier molecular flexibility index (Phi) is 12.0. The molecule has 6 bridgehead atoms. The van der Waals surface area contributed by atoms with Gasteiger partial charge in [0.05, 0.1) is 51.2 Å². The highest BCUT2D eigenvalue weighted by molar-refractivity contribution is 5.83. The molecule has 0 radical (unpaired) electrons. The largest absolute Gasteiger partial charge is 0.466 e. The Bertz CT molecular complexity index is 1150. The Morgan fingerprint density at radius 3 is 2.54 bits per heavy atom. The molecule has 4 rings (SSSR count). The highest BCUT2D eigenvalue weighted by atomic mass is 16.7. The maximum absolute atomic E-state index is 12.8. The Balaban J connectivity index is 1.72. The average molecular weight is 657 g/mol. The summed E-state index contributed by atoms with van der Waals surface area (Å²) in [5.74, 6) is -6.05. The number of carbonyl (C=O) groups excluding carboxylic acids is 3. The molecule has 0 aromatic carbocycles. The van der Waals surface area contributed by atoms with Crippen molar-refractivity contribution < 1.29 is 68.0 Å². The van der Waals surface area contributed by atoms with Crippen LogP contribution in [-0.2, 0) is 47.5 Å². The molecule has 9 atom stereocenters. The van der Waals surface area contributed by atoms with Crippen LogP contribution in [0.2, 0.25) is 0 Å². The van der Waals surface area contributed by atoms with E-state index in [2.05, 4.69) is 0 Å². The lowest BCUT2D eigenvalue weighted by Crippen LogP contribution is -2.62. The zero-order chi connectivity index (χ0) is 33.7. The number of esters is 3. The number of hydrogen-bond donors (Lipinski definition) is 4. The molecule has 0 aliphatic carbocycles. The van der Waals surface area contributed by atoms with Crippen LogP contribution in [0.1, 0.15) is 78.6 Å². The van der Waals surface area contributed by atoms with Gasteiger partial charge < -0.3 is 53.6 Å². The summed E-state index contributed by atoms with van der Waals surface area (Å²) in [6.07, 6.45) is -0.241. The second-order valence-corrected chi connectivity index (χ2v) is 13.1. The van der Waals surface area contributed by atoms with Crippen LogP contribution in [-0.4, -0.2) is 113 Å². The van der Waals surface area contributed by atoms with Crippen LogP contribution in [0.15, 0.2) is 23.8 Å². The van der Waals surface area contributed by atoms with Crippen molar-refractivity contribution >= 4 is 17.9 Å². The first-order chi connectivity index (χ1) is 21.6. The van der Waals surface area contributed by atoms with Crippen molar-refractivity contribution in [3.63, 3.8) is 0 Å². The first-order valence-electron chi connectivity index (χ1n) is 15.9. The summed E-state index contributed by atoms with van der Waals surface area (Å²) >= 11 is 0. The molecule has 0 aromatic heterocycles. The number of hydrogen-bond acceptors (Lipinski definition) is 14. The van der Waals surface area contributed by atoms with E-state index in [1.165, 1.54) is 7.11 Å². The topological polar surface area (TPSA) is 197 Å². The van der Waals surface area contributed by atoms with Gasteiger partial charge in [-0.3, -0.25) is 9.59 Å². The molecule has 260 valence electrons. The van der Waals surface area contributed by atoms with E-state index in [0.29, 0.717) is 32.3 Å². The van der Waals surface area contributed by atoms with Crippen molar-refractivity contribution in [2.45, 2.75) is 133 Å². The van der Waals surface area contributed by atoms with E-state index in [-0.39, 0.29) is 37.7 Å². The van der Waals surface area contributed by atoms with Gasteiger partial charge in [0.1, 0.15) is 6.10 Å². The van der Waals surface area contributed by atoms with E-state index < -0.39 is 84.4 Å². The quantitative estimate of drug-likeness (QED) is 0.147. The highest BCUT2D eigenvalue weighted by Gasteiger charge is 2.57. The molecule has 14 nitrogen and oxygen atoms in total. The second-order valence-electron chi connectivity index (χ2n) is 13.1. The van der Waals surface area contributed by atoms with Gasteiger partial charge in [-0.15, -0.1) is 0 Å². The summed E-state index contributed by atoms with van der Waals surface area (Å²) in [5, 5.41) is 44.4. The van der Waals surface area contributed by atoms with Crippen LogP contribution in [0, 0.1) is 5.41 Å². The van der Waals surface area contributed by atoms with Gasteiger partial charge in [-0.1, -0.05) is 19.9 Å². The van der Waals surface area contributed by atoms with Gasteiger partial charge in [0.15, 0.2) is 18.2 Å². The van der Waals surface area contributed by atoms with Crippen LogP contribution >= 0.6 is 0 Å². The van der Waals surface area contributed by atoms with Gasteiger partial charge in [0, 0.05) is 44.1 Å². The standard InChI is InChI=1S/C32H48O14/c1-19(34)42-29-20(13-26(36)40-4)12-24-16-25(18-33)43-27(37)15-21(35)14-22-6-5-9-31(38,45-22)17-23-8-11-41-28(44-23)7-10-30(2,3)32(29,39)46-24/h7,10,13,21-25,28-29,33,35,38-39H,5-6,8-9,11-12,14-18H2,1-4H3/b10-7+,20-13+/t21-,22+,23+,24?,25?,28+,29+,31-,32-/m1/s1. The first-order valence-corrected chi connectivity index (χ1v) is 15.9. The molecule has 0 amide bonds. The van der Waals surface area contributed by atoms with Crippen LogP contribution in [0.3, 0.4) is 0 Å². The fraction of sp³-hybridized carbons (Fsp3) is 0.781. The molecule has 0 spiro atoms. The Hall–Kier alpha value is -2.43. The second kappa shape index (κ2) is 15.2. The summed E-state index contributed by atoms with van der Waals surface area (Å²) in [5.41, 5.74) is -1.15. The van der Waals surface area contributed by atoms with Gasteiger partial charge in [0.2, 0.25) is 5.79 Å². The van der Waals surface area contributed by atoms with Crippen molar-refractivity contribution in [3.8, 4) is 0 Å². The van der Waals surface area contributed by atoms with Gasteiger partial charge in [0.25, 0.3) is 0 Å². The molecule has 2 unspecified atom stereocenters. The Labute approximate surface area is 268 Å². The number of carbonyl (C=O) groups is 3. The molecule has 4 N–H and O–H groups in total. The number of methoxy groups -OCH3 is 1. The van der Waals surface area contributed by atoms with Crippen LogP contribution < -0.4 is 0 Å².